The summed E-state index contributed by atoms with van der Waals surface area (Å²) in [7, 11) is 0. The molecule has 0 saturated heterocycles. The van der Waals surface area contributed by atoms with Gasteiger partial charge in [0.25, 0.3) is 5.88 Å². The van der Waals surface area contributed by atoms with Crippen molar-refractivity contribution in [3.63, 3.8) is 0 Å². The van der Waals surface area contributed by atoms with Crippen molar-refractivity contribution in [1.82, 2.24) is 9.97 Å². The SMILES string of the molecule is CC(C)c1cccc(Oc2nccnc2C#N)c1. The van der Waals surface area contributed by atoms with Crippen LogP contribution in [0.4, 0.5) is 0 Å². The van der Waals surface area contributed by atoms with Gasteiger partial charge in [-0.05, 0) is 23.6 Å². The Kier molecular flexibility index (Phi) is 3.54. The van der Waals surface area contributed by atoms with Crippen molar-refractivity contribution in [2.45, 2.75) is 19.8 Å². The molecule has 0 amide bonds. The van der Waals surface area contributed by atoms with Gasteiger partial charge < -0.3 is 4.74 Å². The van der Waals surface area contributed by atoms with Crippen LogP contribution in [0.5, 0.6) is 11.6 Å². The Hall–Kier alpha value is -2.41. The van der Waals surface area contributed by atoms with Crippen molar-refractivity contribution in [1.29, 1.82) is 5.26 Å². The first-order valence-corrected chi connectivity index (χ1v) is 5.69. The van der Waals surface area contributed by atoms with Gasteiger partial charge in [0, 0.05) is 12.4 Å². The zero-order valence-electron chi connectivity index (χ0n) is 10.3. The van der Waals surface area contributed by atoms with Gasteiger partial charge >= 0.3 is 0 Å². The highest BCUT2D eigenvalue weighted by atomic mass is 16.5. The van der Waals surface area contributed by atoms with Gasteiger partial charge in [-0.1, -0.05) is 26.0 Å². The summed E-state index contributed by atoms with van der Waals surface area (Å²) in [5.74, 6) is 1.32. The fourth-order valence-electron chi connectivity index (χ4n) is 1.53. The smallest absolute Gasteiger partial charge is 0.256 e. The summed E-state index contributed by atoms with van der Waals surface area (Å²) < 4.78 is 5.60. The van der Waals surface area contributed by atoms with Gasteiger partial charge in [-0.2, -0.15) is 5.26 Å². The lowest BCUT2D eigenvalue weighted by Gasteiger charge is -2.09. The molecule has 0 aliphatic heterocycles. The Morgan fingerprint density at radius 1 is 1.22 bits per heavy atom. The molecule has 4 nitrogen and oxygen atoms in total. The second-order valence-corrected chi connectivity index (χ2v) is 4.15. The first-order valence-electron chi connectivity index (χ1n) is 5.69. The molecule has 18 heavy (non-hydrogen) atoms. The monoisotopic (exact) mass is 239 g/mol. The number of hydrogen-bond donors (Lipinski definition) is 0. The largest absolute Gasteiger partial charge is 0.436 e. The molecule has 90 valence electrons. The maximum absolute atomic E-state index is 8.91. The van der Waals surface area contributed by atoms with Crippen LogP contribution in [0.3, 0.4) is 0 Å². The summed E-state index contributed by atoms with van der Waals surface area (Å²) in [6, 6.07) is 9.70. The van der Waals surface area contributed by atoms with Crippen molar-refractivity contribution < 1.29 is 4.74 Å². The number of ether oxygens (including phenoxy) is 1. The van der Waals surface area contributed by atoms with E-state index < -0.39 is 0 Å². The van der Waals surface area contributed by atoms with E-state index in [1.54, 1.807) is 0 Å². The number of hydrogen-bond acceptors (Lipinski definition) is 4. The van der Waals surface area contributed by atoms with E-state index in [1.807, 2.05) is 30.3 Å². The molecule has 2 rings (SSSR count). The lowest BCUT2D eigenvalue weighted by Crippen LogP contribution is -1.95. The topological polar surface area (TPSA) is 58.8 Å². The molecular weight excluding hydrogens is 226 g/mol. The molecule has 1 aromatic carbocycles. The molecule has 2 aromatic rings. The van der Waals surface area contributed by atoms with Crippen LogP contribution in [-0.2, 0) is 0 Å². The van der Waals surface area contributed by atoms with E-state index in [2.05, 4.69) is 23.8 Å². The van der Waals surface area contributed by atoms with Gasteiger partial charge in [-0.15, -0.1) is 0 Å². The van der Waals surface area contributed by atoms with E-state index >= 15 is 0 Å². The van der Waals surface area contributed by atoms with Crippen LogP contribution in [0.15, 0.2) is 36.7 Å². The Morgan fingerprint density at radius 3 is 2.72 bits per heavy atom. The molecule has 0 saturated carbocycles. The second kappa shape index (κ2) is 5.28. The van der Waals surface area contributed by atoms with E-state index in [4.69, 9.17) is 10.00 Å². The minimum absolute atomic E-state index is 0.187. The van der Waals surface area contributed by atoms with E-state index in [0.717, 1.165) is 0 Å². The minimum atomic E-state index is 0.187. The van der Waals surface area contributed by atoms with Crippen molar-refractivity contribution in [2.75, 3.05) is 0 Å². The predicted molar refractivity (Wildman–Crippen MR) is 67.4 cm³/mol. The van der Waals surface area contributed by atoms with Gasteiger partial charge in [-0.25, -0.2) is 9.97 Å². The molecular formula is C14H13N3O. The zero-order valence-corrected chi connectivity index (χ0v) is 10.3. The molecule has 0 aliphatic rings. The number of aromatic nitrogens is 2. The molecule has 0 radical (unpaired) electrons. The molecule has 0 unspecified atom stereocenters. The van der Waals surface area contributed by atoms with Gasteiger partial charge in [0.2, 0.25) is 5.69 Å². The number of rotatable bonds is 3. The standard InChI is InChI=1S/C14H13N3O/c1-10(2)11-4-3-5-12(8-11)18-14-13(9-15)16-6-7-17-14/h3-8,10H,1-2H3. The molecule has 0 bridgehead atoms. The van der Waals surface area contributed by atoms with E-state index in [1.165, 1.54) is 18.0 Å². The van der Waals surface area contributed by atoms with Crippen LogP contribution in [0.1, 0.15) is 31.0 Å². The lowest BCUT2D eigenvalue weighted by molar-refractivity contribution is 0.457. The third kappa shape index (κ3) is 2.64. The van der Waals surface area contributed by atoms with Crippen molar-refractivity contribution >= 4 is 0 Å². The normalized spacial score (nSPS) is 10.1. The fourth-order valence-corrected chi connectivity index (χ4v) is 1.53. The molecule has 4 heteroatoms. The lowest BCUT2D eigenvalue weighted by atomic mass is 10.0. The van der Waals surface area contributed by atoms with Crippen LogP contribution in [0, 0.1) is 11.3 Å². The van der Waals surface area contributed by atoms with E-state index in [0.29, 0.717) is 11.7 Å². The minimum Gasteiger partial charge on any atom is -0.436 e. The van der Waals surface area contributed by atoms with Gasteiger partial charge in [0.05, 0.1) is 0 Å². The second-order valence-electron chi connectivity index (χ2n) is 4.15. The third-order valence-electron chi connectivity index (χ3n) is 2.51. The molecule has 0 fully saturated rings. The summed E-state index contributed by atoms with van der Waals surface area (Å²) in [6.07, 6.45) is 2.97. The third-order valence-corrected chi connectivity index (χ3v) is 2.51. The van der Waals surface area contributed by atoms with E-state index in [-0.39, 0.29) is 11.6 Å². The molecule has 0 spiro atoms. The Labute approximate surface area is 106 Å². The molecule has 0 N–H and O–H groups in total. The van der Waals surface area contributed by atoms with Crippen LogP contribution < -0.4 is 4.74 Å². The Balaban J connectivity index is 2.29. The fraction of sp³-hybridized carbons (Fsp3) is 0.214. The number of nitrogens with zero attached hydrogens (tertiary/aromatic N) is 3. The summed E-state index contributed by atoms with van der Waals surface area (Å²) in [6.45, 7) is 4.23. The zero-order chi connectivity index (χ0) is 13.0. The quantitative estimate of drug-likeness (QED) is 0.824. The molecule has 1 aromatic heterocycles. The summed E-state index contributed by atoms with van der Waals surface area (Å²) in [5.41, 5.74) is 1.36. The highest BCUT2D eigenvalue weighted by Crippen LogP contribution is 2.24. The van der Waals surface area contributed by atoms with Gasteiger partial charge in [0.15, 0.2) is 0 Å². The van der Waals surface area contributed by atoms with Crippen LogP contribution in [-0.4, -0.2) is 9.97 Å². The first kappa shape index (κ1) is 12.1. The number of benzene rings is 1. The van der Waals surface area contributed by atoms with Gasteiger partial charge in [0.1, 0.15) is 11.8 Å². The number of nitriles is 1. The molecule has 0 aliphatic carbocycles. The summed E-state index contributed by atoms with van der Waals surface area (Å²) >= 11 is 0. The highest BCUT2D eigenvalue weighted by molar-refractivity contribution is 5.37. The average Bonchev–Trinajstić information content (AvgIpc) is 2.39. The van der Waals surface area contributed by atoms with Crippen molar-refractivity contribution in [2.24, 2.45) is 0 Å². The maximum atomic E-state index is 8.91. The molecule has 0 atom stereocenters. The Morgan fingerprint density at radius 2 is 2.00 bits per heavy atom. The maximum Gasteiger partial charge on any atom is 0.256 e. The van der Waals surface area contributed by atoms with Crippen molar-refractivity contribution in [3.8, 4) is 17.7 Å². The predicted octanol–water partition coefficient (Wildman–Crippen LogP) is 3.26. The van der Waals surface area contributed by atoms with E-state index in [9.17, 15) is 0 Å². The molecule has 1 heterocycles. The van der Waals surface area contributed by atoms with Crippen molar-refractivity contribution in [3.05, 3.63) is 47.9 Å². The van der Waals surface area contributed by atoms with Crippen LogP contribution in [0.2, 0.25) is 0 Å². The average molecular weight is 239 g/mol. The van der Waals surface area contributed by atoms with Crippen LogP contribution >= 0.6 is 0 Å². The summed E-state index contributed by atoms with van der Waals surface area (Å²) in [4.78, 5) is 7.91. The first-order chi connectivity index (χ1) is 8.70. The highest BCUT2D eigenvalue weighted by Gasteiger charge is 2.07. The summed E-state index contributed by atoms with van der Waals surface area (Å²) in [5, 5.41) is 8.91. The Bertz CT molecular complexity index is 588. The van der Waals surface area contributed by atoms with Crippen LogP contribution in [0.25, 0.3) is 0 Å². The van der Waals surface area contributed by atoms with Gasteiger partial charge in [-0.3, -0.25) is 0 Å².